The van der Waals surface area contributed by atoms with Gasteiger partial charge in [0.2, 0.25) is 5.95 Å². The fourth-order valence-corrected chi connectivity index (χ4v) is 5.94. The lowest BCUT2D eigenvalue weighted by Crippen LogP contribution is -2.32. The van der Waals surface area contributed by atoms with E-state index in [-0.39, 0.29) is 34.2 Å². The summed E-state index contributed by atoms with van der Waals surface area (Å²) in [5.41, 5.74) is -0.0728. The summed E-state index contributed by atoms with van der Waals surface area (Å²) in [6.07, 6.45) is -4.25. The summed E-state index contributed by atoms with van der Waals surface area (Å²) in [5, 5.41) is 9.25. The number of rotatable bonds is 6. The zero-order valence-electron chi connectivity index (χ0n) is 21.4. The van der Waals surface area contributed by atoms with Gasteiger partial charge in [-0.2, -0.15) is 17.6 Å². The number of pyridine rings is 1. The van der Waals surface area contributed by atoms with Crippen LogP contribution in [0.3, 0.4) is 0 Å². The van der Waals surface area contributed by atoms with Crippen molar-refractivity contribution in [2.45, 2.75) is 29.8 Å². The quantitative estimate of drug-likeness (QED) is 0.198. The molecule has 0 unspecified atom stereocenters. The molecule has 0 bridgehead atoms. The second kappa shape index (κ2) is 10.2. The third kappa shape index (κ3) is 5.47. The van der Waals surface area contributed by atoms with E-state index in [1.807, 2.05) is 6.92 Å². The van der Waals surface area contributed by atoms with E-state index in [1.54, 1.807) is 0 Å². The highest BCUT2D eigenvalue weighted by atomic mass is 32.2. The van der Waals surface area contributed by atoms with E-state index in [4.69, 9.17) is 4.74 Å². The van der Waals surface area contributed by atoms with Crippen LogP contribution in [-0.4, -0.2) is 31.1 Å². The summed E-state index contributed by atoms with van der Waals surface area (Å²) in [6.45, 7) is 1.97. The first-order chi connectivity index (χ1) is 19.3. The fourth-order valence-electron chi connectivity index (χ4n) is 4.92. The van der Waals surface area contributed by atoms with E-state index < -0.39 is 39.1 Å². The van der Waals surface area contributed by atoms with Gasteiger partial charge in [0.15, 0.2) is 0 Å². The first-order valence-corrected chi connectivity index (χ1v) is 13.7. The SMILES string of the molecule is C[C@@]1(c2ccc(C(F)(F)F)cc2-c2ccc(C(=O)O)cc2)CCOc2cc(S(=O)(=O)Nc3cccc(F)n3)ccc21. The molecule has 7 nitrogen and oxygen atoms in total. The van der Waals surface area contributed by atoms with Gasteiger partial charge in [0, 0.05) is 17.0 Å². The van der Waals surface area contributed by atoms with Gasteiger partial charge in [0.1, 0.15) is 11.6 Å². The van der Waals surface area contributed by atoms with E-state index in [0.717, 1.165) is 18.2 Å². The van der Waals surface area contributed by atoms with E-state index in [9.17, 15) is 35.9 Å². The lowest BCUT2D eigenvalue weighted by molar-refractivity contribution is -0.137. The Morgan fingerprint density at radius 1 is 1.00 bits per heavy atom. The van der Waals surface area contributed by atoms with Gasteiger partial charge >= 0.3 is 12.1 Å². The number of alkyl halides is 3. The molecule has 3 aromatic carbocycles. The Morgan fingerprint density at radius 2 is 1.71 bits per heavy atom. The summed E-state index contributed by atoms with van der Waals surface area (Å²) in [5.74, 6) is -2.02. The molecule has 1 aliphatic heterocycles. The van der Waals surface area contributed by atoms with E-state index >= 15 is 0 Å². The Kier molecular flexibility index (Phi) is 6.98. The minimum Gasteiger partial charge on any atom is -0.493 e. The summed E-state index contributed by atoms with van der Waals surface area (Å²) in [4.78, 5) is 14.7. The van der Waals surface area contributed by atoms with Crippen LogP contribution in [0.15, 0.2) is 83.8 Å². The number of nitrogens with zero attached hydrogens (tertiary/aromatic N) is 1. The van der Waals surface area contributed by atoms with Crippen LogP contribution in [0.4, 0.5) is 23.4 Å². The molecule has 0 spiro atoms. The predicted octanol–water partition coefficient (Wildman–Crippen LogP) is 6.49. The topological polar surface area (TPSA) is 106 Å². The van der Waals surface area contributed by atoms with Gasteiger partial charge in [0.25, 0.3) is 10.0 Å². The highest BCUT2D eigenvalue weighted by Gasteiger charge is 2.39. The van der Waals surface area contributed by atoms with Crippen LogP contribution in [0.25, 0.3) is 11.1 Å². The standard InChI is InChI=1S/C29H22F4N2O5S/c1-28(22-11-9-19(29(31,32)33)15-21(22)17-5-7-18(8-6-17)27(36)37)13-14-40-24-16-20(10-12-23(24)28)41(38,39)35-26-4-2-3-25(30)34-26/h2-12,15-16H,13-14H2,1H3,(H,34,35)(H,36,37)/t28-/m0/s1. The van der Waals surface area contributed by atoms with Crippen molar-refractivity contribution in [3.05, 3.63) is 107 Å². The molecular weight excluding hydrogens is 564 g/mol. The van der Waals surface area contributed by atoms with Crippen LogP contribution in [0.2, 0.25) is 0 Å². The van der Waals surface area contributed by atoms with Crippen molar-refractivity contribution in [3.63, 3.8) is 0 Å². The summed E-state index contributed by atoms with van der Waals surface area (Å²) < 4.78 is 88.6. The van der Waals surface area contributed by atoms with Crippen molar-refractivity contribution in [1.82, 2.24) is 4.98 Å². The van der Waals surface area contributed by atoms with Gasteiger partial charge < -0.3 is 9.84 Å². The largest absolute Gasteiger partial charge is 0.493 e. The second-order valence-electron chi connectivity index (χ2n) is 9.68. The number of sulfonamides is 1. The number of ether oxygens (including phenoxy) is 1. The maximum Gasteiger partial charge on any atom is 0.416 e. The van der Waals surface area contributed by atoms with Crippen LogP contribution in [0, 0.1) is 5.95 Å². The number of carbonyl (C=O) groups is 1. The van der Waals surface area contributed by atoms with Gasteiger partial charge in [-0.1, -0.05) is 37.3 Å². The highest BCUT2D eigenvalue weighted by Crippen LogP contribution is 2.48. The lowest BCUT2D eigenvalue weighted by Gasteiger charge is -2.38. The summed E-state index contributed by atoms with van der Waals surface area (Å²) in [6, 6.07) is 16.8. The molecule has 4 aromatic rings. The van der Waals surface area contributed by atoms with E-state index in [1.165, 1.54) is 60.7 Å². The molecule has 1 aromatic heterocycles. The normalized spacial score (nSPS) is 16.9. The number of anilines is 1. The molecule has 0 fully saturated rings. The Bertz CT molecular complexity index is 1760. The molecule has 2 heterocycles. The van der Waals surface area contributed by atoms with Crippen molar-refractivity contribution in [1.29, 1.82) is 0 Å². The van der Waals surface area contributed by atoms with Crippen molar-refractivity contribution in [2.75, 3.05) is 11.3 Å². The summed E-state index contributed by atoms with van der Waals surface area (Å²) in [7, 11) is -4.18. The molecule has 0 radical (unpaired) electrons. The molecule has 0 aliphatic carbocycles. The maximum atomic E-state index is 13.7. The number of fused-ring (bicyclic) bond motifs is 1. The minimum atomic E-state index is -4.62. The molecule has 0 saturated heterocycles. The Balaban J connectivity index is 1.60. The zero-order chi connectivity index (χ0) is 29.6. The molecule has 0 amide bonds. The highest BCUT2D eigenvalue weighted by molar-refractivity contribution is 7.92. The summed E-state index contributed by atoms with van der Waals surface area (Å²) >= 11 is 0. The van der Waals surface area contributed by atoms with Crippen LogP contribution >= 0.6 is 0 Å². The molecule has 2 N–H and O–H groups in total. The lowest BCUT2D eigenvalue weighted by atomic mass is 9.70. The van der Waals surface area contributed by atoms with Crippen LogP contribution in [0.5, 0.6) is 5.75 Å². The van der Waals surface area contributed by atoms with Crippen LogP contribution in [-0.2, 0) is 21.6 Å². The fraction of sp³-hybridized carbons (Fsp3) is 0.172. The minimum absolute atomic E-state index is 0.0133. The van der Waals surface area contributed by atoms with Crippen molar-refractivity contribution in [2.24, 2.45) is 0 Å². The molecule has 0 saturated carbocycles. The number of aromatic nitrogens is 1. The molecular formula is C29H22F4N2O5S. The van der Waals surface area contributed by atoms with E-state index in [0.29, 0.717) is 23.1 Å². The first-order valence-electron chi connectivity index (χ1n) is 12.3. The molecule has 5 rings (SSSR count). The Hall–Kier alpha value is -4.45. The third-order valence-electron chi connectivity index (χ3n) is 7.06. The number of carboxylic acid groups (broad SMARTS) is 1. The number of hydrogen-bond acceptors (Lipinski definition) is 5. The molecule has 41 heavy (non-hydrogen) atoms. The van der Waals surface area contributed by atoms with Crippen molar-refractivity contribution < 1.29 is 40.6 Å². The molecule has 12 heteroatoms. The number of halogens is 4. The Morgan fingerprint density at radius 3 is 2.37 bits per heavy atom. The predicted molar refractivity (Wildman–Crippen MR) is 142 cm³/mol. The Labute approximate surface area is 232 Å². The second-order valence-corrected chi connectivity index (χ2v) is 11.4. The van der Waals surface area contributed by atoms with Gasteiger partial charge in [0.05, 0.1) is 22.6 Å². The zero-order valence-corrected chi connectivity index (χ0v) is 22.2. The van der Waals surface area contributed by atoms with Gasteiger partial charge in [-0.15, -0.1) is 0 Å². The number of nitrogens with one attached hydrogen (secondary N) is 1. The molecule has 1 aliphatic rings. The average Bonchev–Trinajstić information content (AvgIpc) is 2.92. The smallest absolute Gasteiger partial charge is 0.416 e. The maximum absolute atomic E-state index is 13.7. The molecule has 1 atom stereocenters. The van der Waals surface area contributed by atoms with Gasteiger partial charge in [-0.25, -0.2) is 18.2 Å². The third-order valence-corrected chi connectivity index (χ3v) is 8.41. The number of aromatic carboxylic acids is 1. The number of hydrogen-bond donors (Lipinski definition) is 2. The van der Waals surface area contributed by atoms with Crippen molar-refractivity contribution in [3.8, 4) is 16.9 Å². The van der Waals surface area contributed by atoms with Gasteiger partial charge in [-0.3, -0.25) is 4.72 Å². The van der Waals surface area contributed by atoms with Crippen molar-refractivity contribution >= 4 is 21.8 Å². The molecule has 212 valence electrons. The average molecular weight is 587 g/mol. The van der Waals surface area contributed by atoms with Crippen LogP contribution in [0.1, 0.15) is 40.4 Å². The first kappa shape index (κ1) is 28.1. The van der Waals surface area contributed by atoms with Gasteiger partial charge in [-0.05, 0) is 65.6 Å². The number of carboxylic acids is 1. The monoisotopic (exact) mass is 586 g/mol. The van der Waals surface area contributed by atoms with Crippen LogP contribution < -0.4 is 9.46 Å². The van der Waals surface area contributed by atoms with E-state index in [2.05, 4.69) is 9.71 Å². The number of benzene rings is 3.